The van der Waals surface area contributed by atoms with E-state index in [9.17, 15) is 9.59 Å². The minimum atomic E-state index is -0.729. The molecule has 0 radical (unpaired) electrons. The van der Waals surface area contributed by atoms with Crippen molar-refractivity contribution in [2.45, 2.75) is 6.92 Å². The zero-order chi connectivity index (χ0) is 14.0. The fourth-order valence-corrected chi connectivity index (χ4v) is 1.74. The van der Waals surface area contributed by atoms with Gasteiger partial charge >= 0.3 is 0 Å². The Bertz CT molecular complexity index is 679. The first kappa shape index (κ1) is 13.3. The number of rotatable bonds is 2. The average Bonchev–Trinajstić information content (AvgIpc) is 2.39. The van der Waals surface area contributed by atoms with Crippen LogP contribution in [-0.2, 0) is 0 Å². The van der Waals surface area contributed by atoms with Gasteiger partial charge in [-0.15, -0.1) is 0 Å². The lowest BCUT2D eigenvalue weighted by molar-refractivity contribution is 0.0945. The van der Waals surface area contributed by atoms with Crippen molar-refractivity contribution in [1.29, 1.82) is 0 Å². The zero-order valence-electron chi connectivity index (χ0n) is 10.1. The van der Waals surface area contributed by atoms with Crippen LogP contribution >= 0.6 is 11.6 Å². The van der Waals surface area contributed by atoms with Crippen LogP contribution in [0.2, 0.25) is 5.02 Å². The maximum Gasteiger partial charge on any atom is 0.289 e. The molecule has 2 aromatic rings. The number of carbonyl (C=O) groups is 1. The summed E-state index contributed by atoms with van der Waals surface area (Å²) in [6, 6.07) is 8.18. The van der Waals surface area contributed by atoms with Crippen molar-refractivity contribution < 1.29 is 4.79 Å². The molecule has 0 bridgehead atoms. The molecule has 0 saturated carbocycles. The Balaban J connectivity index is 2.60. The van der Waals surface area contributed by atoms with Crippen LogP contribution in [0.4, 0.5) is 0 Å². The van der Waals surface area contributed by atoms with Crippen molar-refractivity contribution in [3.63, 3.8) is 0 Å². The Morgan fingerprint density at radius 1 is 1.37 bits per heavy atom. The van der Waals surface area contributed by atoms with Crippen molar-refractivity contribution >= 4 is 17.5 Å². The number of aromatic nitrogens is 2. The number of amides is 1. The minimum Gasteiger partial charge on any atom is -0.289 e. The number of carbonyl (C=O) groups excluding carboxylic acids is 1. The van der Waals surface area contributed by atoms with Gasteiger partial charge in [0.15, 0.2) is 5.69 Å². The molecular weight excluding hydrogens is 268 g/mol. The summed E-state index contributed by atoms with van der Waals surface area (Å²) < 4.78 is 1.47. The molecule has 6 nitrogen and oxygen atoms in total. The van der Waals surface area contributed by atoms with E-state index >= 15 is 0 Å². The summed E-state index contributed by atoms with van der Waals surface area (Å²) in [6.45, 7) is 1.72. The van der Waals surface area contributed by atoms with E-state index in [2.05, 4.69) is 5.10 Å². The Hall–Kier alpha value is -2.18. The summed E-state index contributed by atoms with van der Waals surface area (Å²) >= 11 is 5.81. The maximum absolute atomic E-state index is 11.7. The number of halogens is 1. The molecule has 0 spiro atoms. The normalized spacial score (nSPS) is 10.3. The summed E-state index contributed by atoms with van der Waals surface area (Å²) in [5, 5.41) is 4.60. The first-order valence-electron chi connectivity index (χ1n) is 5.41. The van der Waals surface area contributed by atoms with E-state index in [1.165, 1.54) is 10.7 Å². The van der Waals surface area contributed by atoms with Gasteiger partial charge in [0.1, 0.15) is 0 Å². The van der Waals surface area contributed by atoms with Gasteiger partial charge in [-0.1, -0.05) is 11.6 Å². The lowest BCUT2D eigenvalue weighted by Crippen LogP contribution is -2.36. The highest BCUT2D eigenvalue weighted by atomic mass is 35.5. The molecule has 1 heterocycles. The second-order valence-corrected chi connectivity index (χ2v) is 4.30. The van der Waals surface area contributed by atoms with E-state index in [0.717, 1.165) is 0 Å². The van der Waals surface area contributed by atoms with Crippen LogP contribution in [0, 0.1) is 6.92 Å². The summed E-state index contributed by atoms with van der Waals surface area (Å²) in [4.78, 5) is 23.1. The second-order valence-electron chi connectivity index (χ2n) is 3.86. The zero-order valence-corrected chi connectivity index (χ0v) is 10.8. The molecule has 1 amide bonds. The standard InChI is InChI=1S/C12H11ClN4O2/c1-7-6-10(18)11(12(19)15-14)16-17(7)9-4-2-8(13)3-5-9/h2-6H,14H2,1H3,(H,15,19). The SMILES string of the molecule is Cc1cc(=O)c(C(=O)NN)nn1-c1ccc(Cl)cc1. The highest BCUT2D eigenvalue weighted by Gasteiger charge is 2.13. The van der Waals surface area contributed by atoms with Crippen LogP contribution in [0.3, 0.4) is 0 Å². The first-order chi connectivity index (χ1) is 9.02. The van der Waals surface area contributed by atoms with Gasteiger partial charge in [0, 0.05) is 16.8 Å². The van der Waals surface area contributed by atoms with E-state index in [4.69, 9.17) is 17.4 Å². The minimum absolute atomic E-state index is 0.261. The van der Waals surface area contributed by atoms with Crippen molar-refractivity contribution in [2.24, 2.45) is 5.84 Å². The van der Waals surface area contributed by atoms with E-state index in [-0.39, 0.29) is 5.69 Å². The molecule has 98 valence electrons. The molecule has 7 heteroatoms. The van der Waals surface area contributed by atoms with Crippen molar-refractivity contribution in [3.8, 4) is 5.69 Å². The molecule has 1 aromatic carbocycles. The topological polar surface area (TPSA) is 90.0 Å². The van der Waals surface area contributed by atoms with E-state index < -0.39 is 11.3 Å². The fourth-order valence-electron chi connectivity index (χ4n) is 1.62. The monoisotopic (exact) mass is 278 g/mol. The van der Waals surface area contributed by atoms with E-state index in [1.807, 2.05) is 5.43 Å². The predicted molar refractivity (Wildman–Crippen MR) is 71.2 cm³/mol. The van der Waals surface area contributed by atoms with Gasteiger partial charge in [-0.2, -0.15) is 5.10 Å². The third kappa shape index (κ3) is 2.64. The lowest BCUT2D eigenvalue weighted by atomic mass is 10.3. The average molecular weight is 279 g/mol. The van der Waals surface area contributed by atoms with Crippen molar-refractivity contribution in [1.82, 2.24) is 15.2 Å². The van der Waals surface area contributed by atoms with Crippen LogP contribution in [0.15, 0.2) is 35.1 Å². The summed E-state index contributed by atoms with van der Waals surface area (Å²) in [5.41, 5.74) is 2.44. The Labute approximate surface area is 113 Å². The third-order valence-electron chi connectivity index (χ3n) is 2.52. The Kier molecular flexibility index (Phi) is 3.64. The van der Waals surface area contributed by atoms with Crippen LogP contribution < -0.4 is 16.7 Å². The molecule has 0 fully saturated rings. The summed E-state index contributed by atoms with van der Waals surface area (Å²) in [7, 11) is 0. The molecular formula is C12H11ClN4O2. The molecule has 0 aliphatic heterocycles. The smallest absolute Gasteiger partial charge is 0.289 e. The first-order valence-corrected chi connectivity index (χ1v) is 5.78. The Morgan fingerprint density at radius 2 is 2.00 bits per heavy atom. The van der Waals surface area contributed by atoms with Crippen LogP contribution in [-0.4, -0.2) is 15.7 Å². The number of hydrogen-bond acceptors (Lipinski definition) is 4. The van der Waals surface area contributed by atoms with Crippen LogP contribution in [0.5, 0.6) is 0 Å². The number of nitrogens with one attached hydrogen (secondary N) is 1. The van der Waals surface area contributed by atoms with Gasteiger partial charge in [0.2, 0.25) is 5.43 Å². The third-order valence-corrected chi connectivity index (χ3v) is 2.78. The van der Waals surface area contributed by atoms with Crippen LogP contribution in [0.1, 0.15) is 16.2 Å². The van der Waals surface area contributed by atoms with Crippen molar-refractivity contribution in [2.75, 3.05) is 0 Å². The quantitative estimate of drug-likeness (QED) is 0.483. The molecule has 0 aliphatic carbocycles. The molecule has 0 saturated heterocycles. The molecule has 0 atom stereocenters. The van der Waals surface area contributed by atoms with E-state index in [1.54, 1.807) is 31.2 Å². The molecule has 0 unspecified atom stereocenters. The Morgan fingerprint density at radius 3 is 2.58 bits per heavy atom. The highest BCUT2D eigenvalue weighted by Crippen LogP contribution is 2.13. The van der Waals surface area contributed by atoms with E-state index in [0.29, 0.717) is 16.4 Å². The highest BCUT2D eigenvalue weighted by molar-refractivity contribution is 6.30. The molecule has 2 rings (SSSR count). The number of hydrazine groups is 1. The molecule has 3 N–H and O–H groups in total. The number of benzene rings is 1. The number of aryl methyl sites for hydroxylation is 1. The van der Waals surface area contributed by atoms with Gasteiger partial charge in [-0.25, -0.2) is 10.5 Å². The van der Waals surface area contributed by atoms with Crippen molar-refractivity contribution in [3.05, 3.63) is 57.0 Å². The summed E-state index contributed by atoms with van der Waals surface area (Å²) in [5.74, 6) is 4.29. The molecule has 19 heavy (non-hydrogen) atoms. The largest absolute Gasteiger partial charge is 0.289 e. The predicted octanol–water partition coefficient (Wildman–Crippen LogP) is 0.798. The summed E-state index contributed by atoms with van der Waals surface area (Å²) in [6.07, 6.45) is 0. The van der Waals surface area contributed by atoms with Gasteiger partial charge in [0.05, 0.1) is 5.69 Å². The number of nitrogens with two attached hydrogens (primary N) is 1. The van der Waals surface area contributed by atoms with Gasteiger partial charge in [-0.3, -0.25) is 15.0 Å². The van der Waals surface area contributed by atoms with Gasteiger partial charge < -0.3 is 0 Å². The number of hydrogen-bond donors (Lipinski definition) is 2. The maximum atomic E-state index is 11.7. The lowest BCUT2D eigenvalue weighted by Gasteiger charge is -2.10. The molecule has 0 aliphatic rings. The number of nitrogen functional groups attached to an aromatic ring is 1. The number of nitrogens with zero attached hydrogens (tertiary/aromatic N) is 2. The second kappa shape index (κ2) is 5.21. The fraction of sp³-hybridized carbons (Fsp3) is 0.0833. The van der Waals surface area contributed by atoms with Gasteiger partial charge in [-0.05, 0) is 31.2 Å². The van der Waals surface area contributed by atoms with Gasteiger partial charge in [0.25, 0.3) is 5.91 Å². The van der Waals surface area contributed by atoms with Crippen LogP contribution in [0.25, 0.3) is 5.69 Å². The molecule has 1 aromatic heterocycles.